The standard InChI is InChI=1S/C13H11F7O/c1-2-9-3-5-10(6-4-9)7-21-8-11(14,15)12(16,17)13(18,19)20/h2-6H,1,7-8H2. The van der Waals surface area contributed by atoms with Crippen molar-refractivity contribution in [1.29, 1.82) is 0 Å². The average Bonchev–Trinajstić information content (AvgIpc) is 2.38. The van der Waals surface area contributed by atoms with Gasteiger partial charge in [0.15, 0.2) is 0 Å². The zero-order chi connectivity index (χ0) is 16.3. The van der Waals surface area contributed by atoms with Crippen LogP contribution < -0.4 is 0 Å². The highest BCUT2D eigenvalue weighted by atomic mass is 19.4. The zero-order valence-electron chi connectivity index (χ0n) is 10.6. The number of ether oxygens (including phenoxy) is 1. The normalized spacial score (nSPS) is 13.3. The van der Waals surface area contributed by atoms with Crippen LogP contribution in [0, 0.1) is 0 Å². The molecule has 0 N–H and O–H groups in total. The van der Waals surface area contributed by atoms with Crippen molar-refractivity contribution in [2.24, 2.45) is 0 Å². The lowest BCUT2D eigenvalue weighted by Crippen LogP contribution is -2.54. The fourth-order valence-electron chi connectivity index (χ4n) is 1.35. The van der Waals surface area contributed by atoms with Crippen LogP contribution in [0.4, 0.5) is 30.7 Å². The van der Waals surface area contributed by atoms with Gasteiger partial charge in [-0.05, 0) is 11.1 Å². The Morgan fingerprint density at radius 2 is 1.48 bits per heavy atom. The van der Waals surface area contributed by atoms with E-state index in [4.69, 9.17) is 0 Å². The Balaban J connectivity index is 2.63. The van der Waals surface area contributed by atoms with Crippen molar-refractivity contribution < 1.29 is 35.5 Å². The summed E-state index contributed by atoms with van der Waals surface area (Å²) in [5, 5.41) is 0. The van der Waals surface area contributed by atoms with Crippen molar-refractivity contribution in [2.75, 3.05) is 6.61 Å². The Morgan fingerprint density at radius 3 is 1.90 bits per heavy atom. The summed E-state index contributed by atoms with van der Waals surface area (Å²) >= 11 is 0. The Hall–Kier alpha value is -1.57. The topological polar surface area (TPSA) is 9.23 Å². The maximum atomic E-state index is 12.9. The molecule has 0 atom stereocenters. The van der Waals surface area contributed by atoms with E-state index >= 15 is 0 Å². The summed E-state index contributed by atoms with van der Waals surface area (Å²) in [4.78, 5) is 0. The quantitative estimate of drug-likeness (QED) is 0.693. The third kappa shape index (κ3) is 3.96. The lowest BCUT2D eigenvalue weighted by atomic mass is 10.1. The molecule has 0 aromatic heterocycles. The second kappa shape index (κ2) is 6.05. The van der Waals surface area contributed by atoms with Crippen molar-refractivity contribution in [1.82, 2.24) is 0 Å². The third-order valence-corrected chi connectivity index (χ3v) is 2.58. The molecular formula is C13H11F7O. The van der Waals surface area contributed by atoms with Gasteiger partial charge in [-0.2, -0.15) is 30.7 Å². The maximum absolute atomic E-state index is 12.9. The van der Waals surface area contributed by atoms with Gasteiger partial charge in [-0.15, -0.1) is 0 Å². The van der Waals surface area contributed by atoms with Crippen molar-refractivity contribution in [3.8, 4) is 0 Å². The van der Waals surface area contributed by atoms with E-state index in [1.54, 1.807) is 12.1 Å². The van der Waals surface area contributed by atoms with E-state index in [2.05, 4.69) is 11.3 Å². The molecule has 1 aromatic rings. The first kappa shape index (κ1) is 17.5. The van der Waals surface area contributed by atoms with Crippen LogP contribution >= 0.6 is 0 Å². The second-order valence-electron chi connectivity index (χ2n) is 4.22. The molecule has 1 rings (SSSR count). The van der Waals surface area contributed by atoms with E-state index in [1.165, 1.54) is 18.2 Å². The van der Waals surface area contributed by atoms with Crippen LogP contribution in [-0.2, 0) is 11.3 Å². The van der Waals surface area contributed by atoms with E-state index < -0.39 is 31.2 Å². The number of alkyl halides is 7. The average molecular weight is 316 g/mol. The molecule has 118 valence electrons. The predicted molar refractivity (Wildman–Crippen MR) is 62.1 cm³/mol. The number of hydrogen-bond acceptors (Lipinski definition) is 1. The fourth-order valence-corrected chi connectivity index (χ4v) is 1.35. The van der Waals surface area contributed by atoms with Crippen molar-refractivity contribution in [3.63, 3.8) is 0 Å². The molecular weight excluding hydrogens is 305 g/mol. The van der Waals surface area contributed by atoms with Gasteiger partial charge < -0.3 is 4.74 Å². The SMILES string of the molecule is C=Cc1ccc(COCC(F)(F)C(F)(F)C(F)(F)F)cc1. The summed E-state index contributed by atoms with van der Waals surface area (Å²) in [7, 11) is 0. The van der Waals surface area contributed by atoms with E-state index in [0.717, 1.165) is 5.56 Å². The molecule has 21 heavy (non-hydrogen) atoms. The van der Waals surface area contributed by atoms with Gasteiger partial charge >= 0.3 is 18.0 Å². The van der Waals surface area contributed by atoms with Crippen molar-refractivity contribution in [2.45, 2.75) is 24.6 Å². The van der Waals surface area contributed by atoms with Crippen LogP contribution in [0.3, 0.4) is 0 Å². The molecule has 1 aromatic carbocycles. The summed E-state index contributed by atoms with van der Waals surface area (Å²) in [6.07, 6.45) is -4.83. The molecule has 0 fully saturated rings. The summed E-state index contributed by atoms with van der Waals surface area (Å²) in [6.45, 7) is 0.933. The first-order valence-electron chi connectivity index (χ1n) is 5.63. The van der Waals surface area contributed by atoms with Crippen LogP contribution in [0.5, 0.6) is 0 Å². The van der Waals surface area contributed by atoms with Crippen LogP contribution in [-0.4, -0.2) is 24.6 Å². The number of halogens is 7. The minimum Gasteiger partial charge on any atom is -0.370 e. The van der Waals surface area contributed by atoms with E-state index in [1.807, 2.05) is 0 Å². The molecule has 0 bridgehead atoms. The van der Waals surface area contributed by atoms with Crippen molar-refractivity contribution >= 4 is 6.08 Å². The van der Waals surface area contributed by atoms with Gasteiger partial charge in [0.25, 0.3) is 0 Å². The van der Waals surface area contributed by atoms with E-state index in [0.29, 0.717) is 5.56 Å². The van der Waals surface area contributed by atoms with E-state index in [-0.39, 0.29) is 0 Å². The van der Waals surface area contributed by atoms with Crippen molar-refractivity contribution in [3.05, 3.63) is 42.0 Å². The first-order valence-corrected chi connectivity index (χ1v) is 5.63. The fraction of sp³-hybridized carbons (Fsp3) is 0.385. The second-order valence-corrected chi connectivity index (χ2v) is 4.22. The van der Waals surface area contributed by atoms with Gasteiger partial charge in [-0.1, -0.05) is 36.9 Å². The summed E-state index contributed by atoms with van der Waals surface area (Å²) in [5.41, 5.74) is 1.08. The molecule has 0 heterocycles. The number of benzene rings is 1. The van der Waals surface area contributed by atoms with Crippen LogP contribution in [0.2, 0.25) is 0 Å². The van der Waals surface area contributed by atoms with Crippen LogP contribution in [0.1, 0.15) is 11.1 Å². The highest BCUT2D eigenvalue weighted by Gasteiger charge is 2.72. The zero-order valence-corrected chi connectivity index (χ0v) is 10.6. The van der Waals surface area contributed by atoms with Gasteiger partial charge in [0, 0.05) is 0 Å². The minimum atomic E-state index is -6.34. The van der Waals surface area contributed by atoms with Gasteiger partial charge in [0.05, 0.1) is 6.61 Å². The monoisotopic (exact) mass is 316 g/mol. The van der Waals surface area contributed by atoms with E-state index in [9.17, 15) is 30.7 Å². The Bertz CT molecular complexity index is 476. The molecule has 0 aliphatic heterocycles. The molecule has 0 spiro atoms. The molecule has 0 aliphatic carbocycles. The Kier molecular flexibility index (Phi) is 5.03. The minimum absolute atomic E-state index is 0.353. The van der Waals surface area contributed by atoms with Gasteiger partial charge in [0.1, 0.15) is 6.61 Å². The van der Waals surface area contributed by atoms with Gasteiger partial charge in [-0.3, -0.25) is 0 Å². The molecule has 1 nitrogen and oxygen atoms in total. The lowest BCUT2D eigenvalue weighted by Gasteiger charge is -2.27. The summed E-state index contributed by atoms with van der Waals surface area (Å²) in [5.74, 6) is -11.5. The molecule has 0 saturated heterocycles. The number of rotatable bonds is 6. The highest BCUT2D eigenvalue weighted by Crippen LogP contribution is 2.46. The van der Waals surface area contributed by atoms with Gasteiger partial charge in [0.2, 0.25) is 0 Å². The molecule has 0 radical (unpaired) electrons. The third-order valence-electron chi connectivity index (χ3n) is 2.58. The molecule has 0 aliphatic rings. The Morgan fingerprint density at radius 1 is 0.952 bits per heavy atom. The lowest BCUT2D eigenvalue weighted by molar-refractivity contribution is -0.361. The maximum Gasteiger partial charge on any atom is 0.459 e. The largest absolute Gasteiger partial charge is 0.459 e. The Labute approximate surface area is 116 Å². The van der Waals surface area contributed by atoms with Crippen LogP contribution in [0.15, 0.2) is 30.8 Å². The van der Waals surface area contributed by atoms with Crippen LogP contribution in [0.25, 0.3) is 6.08 Å². The number of hydrogen-bond donors (Lipinski definition) is 0. The molecule has 8 heteroatoms. The first-order chi connectivity index (χ1) is 9.51. The summed E-state index contributed by atoms with van der Waals surface area (Å²) in [6, 6.07) is 6.04. The molecule has 0 amide bonds. The predicted octanol–water partition coefficient (Wildman–Crippen LogP) is 4.68. The highest BCUT2D eigenvalue weighted by molar-refractivity contribution is 5.47. The van der Waals surface area contributed by atoms with Gasteiger partial charge in [-0.25, -0.2) is 0 Å². The molecule has 0 unspecified atom stereocenters. The molecule has 0 saturated carbocycles. The smallest absolute Gasteiger partial charge is 0.370 e. The summed E-state index contributed by atoms with van der Waals surface area (Å²) < 4.78 is 90.8.